The highest BCUT2D eigenvalue weighted by Gasteiger charge is 2.34. The van der Waals surface area contributed by atoms with E-state index in [1.807, 2.05) is 30.3 Å². The summed E-state index contributed by atoms with van der Waals surface area (Å²) in [7, 11) is 0. The molecular weight excluding hydrogens is 397 g/mol. The Kier molecular flexibility index (Phi) is 6.94. The van der Waals surface area contributed by atoms with Crippen LogP contribution in [0.1, 0.15) is 23.6 Å². The number of carbonyl (C=O) groups is 2. The van der Waals surface area contributed by atoms with Crippen molar-refractivity contribution in [1.29, 1.82) is 0 Å². The molecule has 6 nitrogen and oxygen atoms in total. The fourth-order valence-corrected chi connectivity index (χ4v) is 4.28. The summed E-state index contributed by atoms with van der Waals surface area (Å²) < 4.78 is 18.9. The summed E-state index contributed by atoms with van der Waals surface area (Å²) in [6.07, 6.45) is 0.234. The van der Waals surface area contributed by atoms with Gasteiger partial charge in [0.25, 0.3) is 0 Å². The minimum Gasteiger partial charge on any atom is -0.379 e. The molecule has 2 fully saturated rings. The number of amides is 2. The highest BCUT2D eigenvalue weighted by atomic mass is 19.1. The zero-order valence-electron chi connectivity index (χ0n) is 17.5. The number of hydrogen-bond acceptors (Lipinski definition) is 4. The maximum absolute atomic E-state index is 13.4. The molecule has 31 heavy (non-hydrogen) atoms. The van der Waals surface area contributed by atoms with Gasteiger partial charge >= 0.3 is 0 Å². The van der Waals surface area contributed by atoms with Crippen LogP contribution in [-0.4, -0.2) is 61.0 Å². The number of morpholine rings is 1. The van der Waals surface area contributed by atoms with Gasteiger partial charge in [-0.15, -0.1) is 0 Å². The summed E-state index contributed by atoms with van der Waals surface area (Å²) in [5.41, 5.74) is 2.01. The number of likely N-dealkylation sites (tertiary alicyclic amines) is 1. The number of halogens is 1. The SMILES string of the molecule is O=C(NCC(c1ccc(F)cc1)N1CCOCC1)C1CC(=O)N(Cc2ccccc2)C1. The molecule has 7 heteroatoms. The van der Waals surface area contributed by atoms with Gasteiger partial charge in [0.2, 0.25) is 11.8 Å². The molecule has 0 spiro atoms. The number of nitrogens with zero attached hydrogens (tertiary/aromatic N) is 2. The Labute approximate surface area is 182 Å². The standard InChI is InChI=1S/C24H28FN3O3/c25-21-8-6-19(7-9-21)22(27-10-12-31-13-11-27)15-26-24(30)20-14-23(29)28(17-20)16-18-4-2-1-3-5-18/h1-9,20,22H,10-17H2,(H,26,30). The number of benzene rings is 2. The summed E-state index contributed by atoms with van der Waals surface area (Å²) in [4.78, 5) is 29.3. The predicted octanol–water partition coefficient (Wildman–Crippen LogP) is 2.36. The second kappa shape index (κ2) is 10.0. The maximum Gasteiger partial charge on any atom is 0.225 e. The van der Waals surface area contributed by atoms with Gasteiger partial charge in [0, 0.05) is 39.1 Å². The van der Waals surface area contributed by atoms with Crippen LogP contribution >= 0.6 is 0 Å². The van der Waals surface area contributed by atoms with Gasteiger partial charge in [0.15, 0.2) is 0 Å². The van der Waals surface area contributed by atoms with Crippen molar-refractivity contribution >= 4 is 11.8 Å². The number of carbonyl (C=O) groups excluding carboxylic acids is 2. The molecule has 2 aliphatic heterocycles. The number of hydrogen-bond donors (Lipinski definition) is 1. The third-order valence-electron chi connectivity index (χ3n) is 6.01. The Balaban J connectivity index is 1.37. The van der Waals surface area contributed by atoms with Crippen molar-refractivity contribution in [3.8, 4) is 0 Å². The van der Waals surface area contributed by atoms with E-state index >= 15 is 0 Å². The van der Waals surface area contributed by atoms with Crippen LogP contribution < -0.4 is 5.32 Å². The van der Waals surface area contributed by atoms with E-state index in [2.05, 4.69) is 10.2 Å². The first-order valence-electron chi connectivity index (χ1n) is 10.8. The summed E-state index contributed by atoms with van der Waals surface area (Å²) >= 11 is 0. The second-order valence-corrected chi connectivity index (χ2v) is 8.12. The first-order valence-corrected chi connectivity index (χ1v) is 10.8. The molecule has 0 saturated carbocycles. The average molecular weight is 426 g/mol. The van der Waals surface area contributed by atoms with E-state index in [9.17, 15) is 14.0 Å². The molecule has 0 radical (unpaired) electrons. The predicted molar refractivity (Wildman–Crippen MR) is 115 cm³/mol. The lowest BCUT2D eigenvalue weighted by Crippen LogP contribution is -2.45. The van der Waals surface area contributed by atoms with E-state index in [1.54, 1.807) is 17.0 Å². The Bertz CT molecular complexity index is 885. The summed E-state index contributed by atoms with van der Waals surface area (Å²) in [5.74, 6) is -0.734. The van der Waals surface area contributed by atoms with Crippen molar-refractivity contribution in [3.05, 3.63) is 71.5 Å². The van der Waals surface area contributed by atoms with Crippen LogP contribution in [-0.2, 0) is 20.9 Å². The molecule has 1 N–H and O–H groups in total. The molecule has 0 bridgehead atoms. The molecule has 2 saturated heterocycles. The van der Waals surface area contributed by atoms with Crippen molar-refractivity contribution in [3.63, 3.8) is 0 Å². The average Bonchev–Trinajstić information content (AvgIpc) is 3.16. The minimum atomic E-state index is -0.352. The molecule has 2 aromatic rings. The Hall–Kier alpha value is -2.77. The normalized spacial score (nSPS) is 20.6. The molecule has 2 atom stereocenters. The highest BCUT2D eigenvalue weighted by Crippen LogP contribution is 2.24. The zero-order chi connectivity index (χ0) is 21.6. The van der Waals surface area contributed by atoms with Crippen molar-refractivity contribution in [2.24, 2.45) is 5.92 Å². The first kappa shape index (κ1) is 21.5. The second-order valence-electron chi connectivity index (χ2n) is 8.12. The highest BCUT2D eigenvalue weighted by molar-refractivity contribution is 5.89. The smallest absolute Gasteiger partial charge is 0.225 e. The molecule has 0 aliphatic carbocycles. The summed E-state index contributed by atoms with van der Waals surface area (Å²) in [5, 5.41) is 3.05. The number of rotatable bonds is 7. The van der Waals surface area contributed by atoms with Crippen LogP contribution in [0.3, 0.4) is 0 Å². The van der Waals surface area contributed by atoms with E-state index in [0.717, 1.165) is 24.2 Å². The largest absolute Gasteiger partial charge is 0.379 e. The minimum absolute atomic E-state index is 0.00673. The molecule has 2 aliphatic rings. The van der Waals surface area contributed by atoms with Crippen LogP contribution in [0.2, 0.25) is 0 Å². The number of nitrogens with one attached hydrogen (secondary N) is 1. The molecule has 2 amide bonds. The number of ether oxygens (including phenoxy) is 1. The van der Waals surface area contributed by atoms with Gasteiger partial charge < -0.3 is 15.0 Å². The van der Waals surface area contributed by atoms with Gasteiger partial charge in [-0.1, -0.05) is 42.5 Å². The van der Waals surface area contributed by atoms with Crippen molar-refractivity contribution in [2.45, 2.75) is 19.0 Å². The monoisotopic (exact) mass is 425 g/mol. The molecule has 164 valence electrons. The van der Waals surface area contributed by atoms with Crippen molar-refractivity contribution in [1.82, 2.24) is 15.1 Å². The van der Waals surface area contributed by atoms with E-state index in [4.69, 9.17) is 4.74 Å². The Morgan fingerprint density at radius 3 is 2.52 bits per heavy atom. The van der Waals surface area contributed by atoms with Crippen LogP contribution in [0, 0.1) is 11.7 Å². The molecule has 0 aromatic heterocycles. The van der Waals surface area contributed by atoms with E-state index < -0.39 is 0 Å². The maximum atomic E-state index is 13.4. The van der Waals surface area contributed by atoms with E-state index in [1.165, 1.54) is 12.1 Å². The van der Waals surface area contributed by atoms with Gasteiger partial charge in [0.05, 0.1) is 25.2 Å². The molecule has 2 aromatic carbocycles. The summed E-state index contributed by atoms with van der Waals surface area (Å²) in [6.45, 7) is 4.14. The van der Waals surface area contributed by atoms with E-state index in [-0.39, 0.29) is 36.0 Å². The van der Waals surface area contributed by atoms with Crippen molar-refractivity contribution in [2.75, 3.05) is 39.4 Å². The van der Waals surface area contributed by atoms with Crippen LogP contribution in [0.15, 0.2) is 54.6 Å². The topological polar surface area (TPSA) is 61.9 Å². The van der Waals surface area contributed by atoms with E-state index in [0.29, 0.717) is 32.8 Å². The summed E-state index contributed by atoms with van der Waals surface area (Å²) in [6, 6.07) is 16.2. The quantitative estimate of drug-likeness (QED) is 0.740. The fraction of sp³-hybridized carbons (Fsp3) is 0.417. The van der Waals surface area contributed by atoms with Gasteiger partial charge in [-0.05, 0) is 23.3 Å². The Morgan fingerprint density at radius 1 is 1.10 bits per heavy atom. The lowest BCUT2D eigenvalue weighted by molar-refractivity contribution is -0.129. The lowest BCUT2D eigenvalue weighted by atomic mass is 10.0. The van der Waals surface area contributed by atoms with Crippen molar-refractivity contribution < 1.29 is 18.7 Å². The molecule has 2 heterocycles. The van der Waals surface area contributed by atoms with Crippen LogP contribution in [0.4, 0.5) is 4.39 Å². The third-order valence-corrected chi connectivity index (χ3v) is 6.01. The zero-order valence-corrected chi connectivity index (χ0v) is 17.5. The molecule has 4 rings (SSSR count). The van der Waals surface area contributed by atoms with Gasteiger partial charge in [-0.3, -0.25) is 14.5 Å². The van der Waals surface area contributed by atoms with Crippen LogP contribution in [0.5, 0.6) is 0 Å². The fourth-order valence-electron chi connectivity index (χ4n) is 4.28. The van der Waals surface area contributed by atoms with Gasteiger partial charge in [-0.25, -0.2) is 4.39 Å². The third kappa shape index (κ3) is 5.48. The van der Waals surface area contributed by atoms with Crippen LogP contribution in [0.25, 0.3) is 0 Å². The molecule has 2 unspecified atom stereocenters. The van der Waals surface area contributed by atoms with Gasteiger partial charge in [0.1, 0.15) is 5.82 Å². The lowest BCUT2D eigenvalue weighted by Gasteiger charge is -2.35. The Morgan fingerprint density at radius 2 is 1.81 bits per heavy atom. The molecular formula is C24H28FN3O3. The van der Waals surface area contributed by atoms with Gasteiger partial charge in [-0.2, -0.15) is 0 Å². The first-order chi connectivity index (χ1) is 15.1.